The molecule has 130 valence electrons. The number of hydrazone groups is 1. The highest BCUT2D eigenvalue weighted by atomic mass is 127. The van der Waals surface area contributed by atoms with Crippen LogP contribution in [0.3, 0.4) is 0 Å². The van der Waals surface area contributed by atoms with Gasteiger partial charge in [-0.1, -0.05) is 0 Å². The lowest BCUT2D eigenvalue weighted by Crippen LogP contribution is -2.49. The number of halogens is 1. The quantitative estimate of drug-likeness (QED) is 0.133. The number of aliphatic carboxylic acids is 3. The van der Waals surface area contributed by atoms with Gasteiger partial charge in [0.05, 0.1) is 24.8 Å². The van der Waals surface area contributed by atoms with E-state index in [0.29, 0.717) is 9.40 Å². The first-order chi connectivity index (χ1) is 10.4. The first kappa shape index (κ1) is 20.8. The number of carboxylic acids is 3. The largest absolute Gasteiger partial charge is 0.481 e. The van der Waals surface area contributed by atoms with Crippen LogP contribution in [0.15, 0.2) is 14.5 Å². The Morgan fingerprint density at radius 1 is 1.17 bits per heavy atom. The van der Waals surface area contributed by atoms with Crippen LogP contribution >= 0.6 is 22.6 Å². The van der Waals surface area contributed by atoms with Crippen LogP contribution in [0.2, 0.25) is 0 Å². The summed E-state index contributed by atoms with van der Waals surface area (Å²) in [6.45, 7) is 0. The first-order valence-corrected chi connectivity index (χ1v) is 6.66. The molecular weight excluding hydrogens is 431 g/mol. The Kier molecular flexibility index (Phi) is 7.66. The van der Waals surface area contributed by atoms with E-state index < -0.39 is 36.4 Å². The van der Waals surface area contributed by atoms with Crippen molar-refractivity contribution in [2.45, 2.75) is 18.4 Å². The van der Waals surface area contributed by atoms with Gasteiger partial charge in [0, 0.05) is 0 Å². The number of hydrogen-bond donors (Lipinski definition) is 7. The van der Waals surface area contributed by atoms with Crippen molar-refractivity contribution in [1.29, 1.82) is 0 Å². The minimum atomic E-state index is -2.74. The van der Waals surface area contributed by atoms with Crippen molar-refractivity contribution in [3.05, 3.63) is 9.40 Å². The molecule has 0 radical (unpaired) electrons. The van der Waals surface area contributed by atoms with E-state index in [1.807, 2.05) is 22.6 Å². The van der Waals surface area contributed by atoms with Gasteiger partial charge in [0.1, 0.15) is 3.70 Å². The molecule has 0 atom stereocenters. The molecule has 0 aromatic heterocycles. The fraction of sp³-hybridized carbons (Fsp3) is 0.333. The molecule has 13 nitrogen and oxygen atoms in total. The third kappa shape index (κ3) is 6.63. The van der Waals surface area contributed by atoms with Gasteiger partial charge in [0.15, 0.2) is 5.60 Å². The molecule has 0 spiro atoms. The van der Waals surface area contributed by atoms with Crippen molar-refractivity contribution >= 4 is 46.7 Å². The van der Waals surface area contributed by atoms with Crippen LogP contribution in [-0.2, 0) is 14.4 Å². The van der Waals surface area contributed by atoms with Crippen molar-refractivity contribution in [3.63, 3.8) is 0 Å². The lowest BCUT2D eigenvalue weighted by molar-refractivity contribution is -0.170. The number of nitrogens with two attached hydrogens (primary N) is 3. The molecule has 10 N–H and O–H groups in total. The Balaban J connectivity index is 0.000000433. The van der Waals surface area contributed by atoms with Crippen molar-refractivity contribution in [2.24, 2.45) is 22.5 Å². The summed E-state index contributed by atoms with van der Waals surface area (Å²) in [5.74, 6) is 5.64. The van der Waals surface area contributed by atoms with Gasteiger partial charge in [-0.3, -0.25) is 9.59 Å². The monoisotopic (exact) mass is 446 g/mol. The molecule has 0 amide bonds. The number of hydrogen-bond acceptors (Lipinski definition) is 10. The lowest BCUT2D eigenvalue weighted by Gasteiger charge is -2.27. The Bertz CT molecular complexity index is 535. The van der Waals surface area contributed by atoms with Gasteiger partial charge in [-0.15, -0.1) is 10.3 Å². The van der Waals surface area contributed by atoms with Crippen LogP contribution in [0.4, 0.5) is 0 Å². The van der Waals surface area contributed by atoms with E-state index in [9.17, 15) is 14.4 Å². The minimum absolute atomic E-state index is 0.504. The predicted octanol–water partition coefficient (Wildman–Crippen LogP) is -2.43. The van der Waals surface area contributed by atoms with Gasteiger partial charge in [0.2, 0.25) is 0 Å². The molecule has 0 fully saturated rings. The molecule has 0 aliphatic carbocycles. The van der Waals surface area contributed by atoms with Crippen LogP contribution in [0.5, 0.6) is 0 Å². The molecule has 1 aliphatic heterocycles. The molecular formula is C9H15IN6O7. The maximum atomic E-state index is 10.3. The number of hydrazine groups is 3. The summed E-state index contributed by atoms with van der Waals surface area (Å²) in [5.41, 5.74) is 3.22. The highest BCUT2D eigenvalue weighted by molar-refractivity contribution is 14.1. The SMILES string of the molecule is NC1=C(I)N(N)N(N)N=C1.O=C(O)CC(O)(CC(=O)O)C(=O)O. The summed E-state index contributed by atoms with van der Waals surface area (Å²) in [6.07, 6.45) is -0.853. The second kappa shape index (κ2) is 8.46. The Hall–Kier alpha value is -2.17. The summed E-state index contributed by atoms with van der Waals surface area (Å²) >= 11 is 1.97. The molecule has 0 saturated heterocycles. The molecule has 0 unspecified atom stereocenters. The molecule has 1 rings (SSSR count). The summed E-state index contributed by atoms with van der Waals surface area (Å²) in [6, 6.07) is 0. The van der Waals surface area contributed by atoms with Gasteiger partial charge in [-0.25, -0.2) is 16.5 Å². The highest BCUT2D eigenvalue weighted by Crippen LogP contribution is 2.16. The van der Waals surface area contributed by atoms with Crippen molar-refractivity contribution in [3.8, 4) is 0 Å². The molecule has 0 aromatic carbocycles. The summed E-state index contributed by atoms with van der Waals surface area (Å²) < 4.78 is 0.648. The van der Waals surface area contributed by atoms with Crippen LogP contribution in [0.1, 0.15) is 12.8 Å². The third-order valence-corrected chi connectivity index (χ3v) is 3.38. The van der Waals surface area contributed by atoms with Gasteiger partial charge in [-0.05, 0) is 22.6 Å². The number of carboxylic acid groups (broad SMARTS) is 3. The molecule has 1 aliphatic rings. The zero-order chi connectivity index (χ0) is 18.4. The number of rotatable bonds is 5. The van der Waals surface area contributed by atoms with E-state index in [1.165, 1.54) is 6.21 Å². The van der Waals surface area contributed by atoms with E-state index in [0.717, 1.165) is 10.3 Å². The average molecular weight is 446 g/mol. The Morgan fingerprint density at radius 2 is 1.61 bits per heavy atom. The number of aliphatic hydroxyl groups is 1. The smallest absolute Gasteiger partial charge is 0.336 e. The maximum Gasteiger partial charge on any atom is 0.336 e. The second-order valence-electron chi connectivity index (χ2n) is 4.13. The molecule has 23 heavy (non-hydrogen) atoms. The first-order valence-electron chi connectivity index (χ1n) is 5.59. The summed E-state index contributed by atoms with van der Waals surface area (Å²) in [5, 5.41) is 39.6. The fourth-order valence-electron chi connectivity index (χ4n) is 1.17. The van der Waals surface area contributed by atoms with E-state index in [-0.39, 0.29) is 0 Å². The molecule has 14 heteroatoms. The zero-order valence-electron chi connectivity index (χ0n) is 11.5. The minimum Gasteiger partial charge on any atom is -0.481 e. The molecule has 0 saturated carbocycles. The summed E-state index contributed by atoms with van der Waals surface area (Å²) in [4.78, 5) is 30.5. The standard InChI is InChI=1S/C6H8O7.C3H7IN6/c7-3(8)1-6(13,5(11)12)2-4(9)10;4-3-2(5)1-8-10(7)9(3)6/h13H,1-2H2,(H,7,8)(H,9,10)(H,11,12);1H,5-7H2. The van der Waals surface area contributed by atoms with Gasteiger partial charge in [-0.2, -0.15) is 5.12 Å². The van der Waals surface area contributed by atoms with Gasteiger partial charge >= 0.3 is 17.9 Å². The van der Waals surface area contributed by atoms with E-state index >= 15 is 0 Å². The summed E-state index contributed by atoms with van der Waals surface area (Å²) in [7, 11) is 0. The number of allylic oxidation sites excluding steroid dienone is 1. The van der Waals surface area contributed by atoms with Crippen LogP contribution in [0.25, 0.3) is 0 Å². The Morgan fingerprint density at radius 3 is 1.91 bits per heavy atom. The number of carbonyl (C=O) groups is 3. The van der Waals surface area contributed by atoms with Crippen molar-refractivity contribution < 1.29 is 34.8 Å². The normalized spacial score (nSPS) is 14.3. The third-order valence-electron chi connectivity index (χ3n) is 2.26. The molecule has 0 aromatic rings. The van der Waals surface area contributed by atoms with E-state index in [4.69, 9.17) is 37.8 Å². The molecule has 0 bridgehead atoms. The number of nitrogens with zero attached hydrogens (tertiary/aromatic N) is 3. The Labute approximate surface area is 142 Å². The van der Waals surface area contributed by atoms with Crippen LogP contribution in [0, 0.1) is 0 Å². The van der Waals surface area contributed by atoms with Crippen LogP contribution < -0.4 is 17.4 Å². The van der Waals surface area contributed by atoms with Crippen molar-refractivity contribution in [2.75, 3.05) is 0 Å². The highest BCUT2D eigenvalue weighted by Gasteiger charge is 2.40. The maximum absolute atomic E-state index is 10.3. The lowest BCUT2D eigenvalue weighted by atomic mass is 9.96. The second-order valence-corrected chi connectivity index (χ2v) is 5.16. The van der Waals surface area contributed by atoms with Gasteiger partial charge in [0.25, 0.3) is 0 Å². The van der Waals surface area contributed by atoms with E-state index in [2.05, 4.69) is 5.10 Å². The molecule has 1 heterocycles. The van der Waals surface area contributed by atoms with Crippen molar-refractivity contribution in [1.82, 2.24) is 10.3 Å². The topological polar surface area (TPSA) is 229 Å². The van der Waals surface area contributed by atoms with Gasteiger partial charge < -0.3 is 26.2 Å². The van der Waals surface area contributed by atoms with Crippen LogP contribution in [-0.4, -0.2) is 60.5 Å². The zero-order valence-corrected chi connectivity index (χ0v) is 13.6. The average Bonchev–Trinajstić information content (AvgIpc) is 2.39. The predicted molar refractivity (Wildman–Crippen MR) is 82.9 cm³/mol. The fourth-order valence-corrected chi connectivity index (χ4v) is 1.53. The van der Waals surface area contributed by atoms with E-state index in [1.54, 1.807) is 0 Å².